The number of ether oxygens (including phenoxy) is 1. The van der Waals surface area contributed by atoms with Crippen molar-refractivity contribution in [1.29, 1.82) is 0 Å². The van der Waals surface area contributed by atoms with Gasteiger partial charge in [0.25, 0.3) is 0 Å². The van der Waals surface area contributed by atoms with Crippen molar-refractivity contribution in [3.8, 4) is 5.75 Å². The third-order valence-electron chi connectivity index (χ3n) is 4.23. The van der Waals surface area contributed by atoms with Crippen molar-refractivity contribution < 1.29 is 17.9 Å². The second-order valence-electron chi connectivity index (χ2n) is 6.32. The average Bonchev–Trinajstić information content (AvgIpc) is 2.61. The molecule has 0 spiro atoms. The summed E-state index contributed by atoms with van der Waals surface area (Å²) < 4.78 is 33.5. The van der Waals surface area contributed by atoms with Gasteiger partial charge in [-0.3, -0.25) is 4.79 Å². The number of hydrogen-bond donors (Lipinski definition) is 1. The number of carbonyl (C=O) groups is 1. The Morgan fingerprint density at radius 3 is 2.65 bits per heavy atom. The van der Waals surface area contributed by atoms with Crippen LogP contribution in [0.3, 0.4) is 0 Å². The number of hydrogen-bond acceptors (Lipinski definition) is 4. The second-order valence-corrected chi connectivity index (χ2v) is 8.09. The highest BCUT2D eigenvalue weighted by atomic mass is 32.2. The van der Waals surface area contributed by atoms with Crippen LogP contribution < -0.4 is 14.4 Å². The number of benzene rings is 2. The number of carbonyl (C=O) groups excluding carboxylic acids is 1. The average molecular weight is 374 g/mol. The minimum absolute atomic E-state index is 0.119. The molecular weight excluding hydrogens is 352 g/mol. The van der Waals surface area contributed by atoms with Crippen molar-refractivity contribution in [2.75, 3.05) is 18.0 Å². The topological polar surface area (TPSA) is 75.7 Å². The van der Waals surface area contributed by atoms with Crippen molar-refractivity contribution in [1.82, 2.24) is 4.72 Å². The van der Waals surface area contributed by atoms with Crippen molar-refractivity contribution in [3.63, 3.8) is 0 Å². The zero-order valence-electron chi connectivity index (χ0n) is 14.8. The summed E-state index contributed by atoms with van der Waals surface area (Å²) in [6.07, 6.45) is 0.462. The molecule has 3 rings (SSSR count). The van der Waals surface area contributed by atoms with Crippen molar-refractivity contribution in [3.05, 3.63) is 54.1 Å². The van der Waals surface area contributed by atoms with Gasteiger partial charge in [0.15, 0.2) is 0 Å². The van der Waals surface area contributed by atoms with Crippen molar-refractivity contribution in [2.45, 2.75) is 31.3 Å². The Bertz CT molecular complexity index is 897. The number of amides is 1. The minimum Gasteiger partial charge on any atom is -0.487 e. The summed E-state index contributed by atoms with van der Waals surface area (Å²) in [5.74, 6) is 0.371. The van der Waals surface area contributed by atoms with Gasteiger partial charge in [-0.2, -0.15) is 0 Å². The van der Waals surface area contributed by atoms with E-state index in [4.69, 9.17) is 4.74 Å². The summed E-state index contributed by atoms with van der Waals surface area (Å²) in [7, 11) is -3.67. The highest BCUT2D eigenvalue weighted by Crippen LogP contribution is 2.35. The van der Waals surface area contributed by atoms with Gasteiger partial charge in [0.2, 0.25) is 15.9 Å². The third kappa shape index (κ3) is 4.05. The molecule has 0 aliphatic carbocycles. The molecule has 2 aromatic carbocycles. The normalized spacial score (nSPS) is 16.7. The van der Waals surface area contributed by atoms with Gasteiger partial charge in [-0.25, -0.2) is 13.1 Å². The first kappa shape index (κ1) is 18.4. The zero-order valence-corrected chi connectivity index (χ0v) is 15.6. The summed E-state index contributed by atoms with van der Waals surface area (Å²) in [6.45, 7) is 4.02. The van der Waals surface area contributed by atoms with E-state index in [-0.39, 0.29) is 16.9 Å². The van der Waals surface area contributed by atoms with Gasteiger partial charge in [0.05, 0.1) is 17.1 Å². The highest BCUT2D eigenvalue weighted by molar-refractivity contribution is 7.89. The lowest BCUT2D eigenvalue weighted by Gasteiger charge is -2.33. The summed E-state index contributed by atoms with van der Waals surface area (Å²) >= 11 is 0. The Balaban J connectivity index is 1.78. The molecule has 2 aromatic rings. The van der Waals surface area contributed by atoms with Gasteiger partial charge in [0.1, 0.15) is 11.9 Å². The molecule has 1 amide bonds. The molecule has 1 aliphatic heterocycles. The lowest BCUT2D eigenvalue weighted by molar-refractivity contribution is -0.117. The smallest absolute Gasteiger partial charge is 0.240 e. The Kier molecular flexibility index (Phi) is 5.29. The largest absolute Gasteiger partial charge is 0.487 e. The molecule has 1 unspecified atom stereocenters. The fourth-order valence-electron chi connectivity index (χ4n) is 2.94. The molecule has 6 nitrogen and oxygen atoms in total. The van der Waals surface area contributed by atoms with E-state index in [9.17, 15) is 13.2 Å². The molecular formula is C19H22N2O4S. The predicted molar refractivity (Wildman–Crippen MR) is 99.9 cm³/mol. The van der Waals surface area contributed by atoms with Crippen molar-refractivity contribution >= 4 is 21.6 Å². The molecule has 0 saturated carbocycles. The summed E-state index contributed by atoms with van der Waals surface area (Å²) in [5.41, 5.74) is 1.55. The van der Waals surface area contributed by atoms with E-state index in [0.717, 1.165) is 5.56 Å². The Morgan fingerprint density at radius 1 is 1.23 bits per heavy atom. The van der Waals surface area contributed by atoms with E-state index >= 15 is 0 Å². The van der Waals surface area contributed by atoms with Gasteiger partial charge < -0.3 is 9.64 Å². The van der Waals surface area contributed by atoms with Crippen LogP contribution in [-0.2, 0) is 21.2 Å². The molecule has 0 aromatic heterocycles. The minimum atomic E-state index is -3.67. The summed E-state index contributed by atoms with van der Waals surface area (Å²) in [4.78, 5) is 13.6. The molecule has 1 atom stereocenters. The molecule has 0 bridgehead atoms. The van der Waals surface area contributed by atoms with Crippen LogP contribution in [0.25, 0.3) is 0 Å². The highest BCUT2D eigenvalue weighted by Gasteiger charge is 2.27. The number of rotatable bonds is 5. The number of fused-ring (bicyclic) bond motifs is 1. The number of nitrogens with one attached hydrogen (secondary N) is 1. The van der Waals surface area contributed by atoms with Gasteiger partial charge >= 0.3 is 0 Å². The van der Waals surface area contributed by atoms with Crippen LogP contribution in [0.1, 0.15) is 19.4 Å². The lowest BCUT2D eigenvalue weighted by Crippen LogP contribution is -2.41. The first-order valence-electron chi connectivity index (χ1n) is 8.49. The lowest BCUT2D eigenvalue weighted by atomic mass is 10.2. The van der Waals surface area contributed by atoms with Gasteiger partial charge in [-0.05, 0) is 37.1 Å². The number of nitrogens with zero attached hydrogens (tertiary/aromatic N) is 1. The van der Waals surface area contributed by atoms with Gasteiger partial charge in [0, 0.05) is 13.5 Å². The third-order valence-corrected chi connectivity index (χ3v) is 5.69. The first-order chi connectivity index (χ1) is 12.4. The molecule has 26 heavy (non-hydrogen) atoms. The van der Waals surface area contributed by atoms with Crippen LogP contribution in [0.2, 0.25) is 0 Å². The Labute approximate surface area is 153 Å². The molecule has 0 saturated heterocycles. The maximum absolute atomic E-state index is 12.6. The summed E-state index contributed by atoms with van der Waals surface area (Å²) in [5, 5.41) is 0. The van der Waals surface area contributed by atoms with Crippen LogP contribution in [0.15, 0.2) is 53.4 Å². The van der Waals surface area contributed by atoms with E-state index in [1.165, 1.54) is 19.1 Å². The standard InChI is InChI=1S/C19H22N2O4S/c1-14-13-21(15(2)22)18-12-17(8-9-19(18)25-14)26(23,24)20-11-10-16-6-4-3-5-7-16/h3-9,12,14,20H,10-11,13H2,1-2H3. The van der Waals surface area contributed by atoms with E-state index in [0.29, 0.717) is 30.9 Å². The zero-order chi connectivity index (χ0) is 18.7. The molecule has 0 radical (unpaired) electrons. The number of anilines is 1. The molecule has 0 fully saturated rings. The summed E-state index contributed by atoms with van der Waals surface area (Å²) in [6, 6.07) is 14.3. The Morgan fingerprint density at radius 2 is 1.96 bits per heavy atom. The second kappa shape index (κ2) is 7.47. The molecule has 7 heteroatoms. The molecule has 1 N–H and O–H groups in total. The maximum atomic E-state index is 12.6. The van der Waals surface area contributed by atoms with Crippen LogP contribution in [0, 0.1) is 0 Å². The van der Waals surface area contributed by atoms with Crippen LogP contribution in [-0.4, -0.2) is 33.5 Å². The fraction of sp³-hybridized carbons (Fsp3) is 0.316. The van der Waals surface area contributed by atoms with Crippen molar-refractivity contribution in [2.24, 2.45) is 0 Å². The van der Waals surface area contributed by atoms with Crippen LogP contribution >= 0.6 is 0 Å². The molecule has 1 heterocycles. The fourth-order valence-corrected chi connectivity index (χ4v) is 3.99. The first-order valence-corrected chi connectivity index (χ1v) is 9.97. The molecule has 1 aliphatic rings. The van der Waals surface area contributed by atoms with E-state index in [1.807, 2.05) is 37.3 Å². The predicted octanol–water partition coefficient (Wildman–Crippen LogP) is 2.34. The Hall–Kier alpha value is -2.38. The van der Waals surface area contributed by atoms with E-state index < -0.39 is 10.0 Å². The monoisotopic (exact) mass is 374 g/mol. The van der Waals surface area contributed by atoms with Crippen LogP contribution in [0.4, 0.5) is 5.69 Å². The van der Waals surface area contributed by atoms with E-state index in [1.54, 1.807) is 11.0 Å². The van der Waals surface area contributed by atoms with Crippen LogP contribution in [0.5, 0.6) is 5.75 Å². The van der Waals surface area contributed by atoms with E-state index in [2.05, 4.69) is 4.72 Å². The number of sulfonamides is 1. The van der Waals surface area contributed by atoms with Gasteiger partial charge in [-0.1, -0.05) is 30.3 Å². The molecule has 138 valence electrons. The SMILES string of the molecule is CC(=O)N1CC(C)Oc2ccc(S(=O)(=O)NCCc3ccccc3)cc21. The quantitative estimate of drug-likeness (QED) is 0.872. The van der Waals surface area contributed by atoms with Gasteiger partial charge in [-0.15, -0.1) is 0 Å². The maximum Gasteiger partial charge on any atom is 0.240 e.